The zero-order valence-electron chi connectivity index (χ0n) is 17.3. The van der Waals surface area contributed by atoms with Gasteiger partial charge in [-0.15, -0.1) is 0 Å². The number of fused-ring (bicyclic) bond motifs is 2. The molecule has 6 rings (SSSR count). The highest BCUT2D eigenvalue weighted by Gasteiger charge is 2.47. The molecule has 9 nitrogen and oxygen atoms in total. The van der Waals surface area contributed by atoms with Crippen LogP contribution in [0.2, 0.25) is 0 Å². The maximum Gasteiger partial charge on any atom is 0.420 e. The standard InChI is InChI=1S/C21H16F2N4O5S2/c22-11-2-3-16-12(6-11)15(9-21(32-16)4-1-5-21)27-14-7-13(23)18(8-17(14)31-20(27)28)34(29,30)26-19-24-10-25-33-19/h2-3,6-8,10,15H,1,4-5,9H2,(H,24,25,26). The van der Waals surface area contributed by atoms with Crippen molar-refractivity contribution < 1.29 is 26.4 Å². The number of nitrogens with one attached hydrogen (secondary N) is 1. The van der Waals surface area contributed by atoms with Crippen LogP contribution in [0, 0.1) is 11.6 Å². The highest BCUT2D eigenvalue weighted by molar-refractivity contribution is 7.93. The Morgan fingerprint density at radius 2 is 2.03 bits per heavy atom. The Kier molecular flexibility index (Phi) is 4.58. The molecule has 34 heavy (non-hydrogen) atoms. The number of oxazole rings is 1. The number of aromatic nitrogens is 3. The lowest BCUT2D eigenvalue weighted by atomic mass is 9.73. The molecule has 176 valence electrons. The number of hydrogen-bond acceptors (Lipinski definition) is 8. The van der Waals surface area contributed by atoms with Crippen LogP contribution in [0.1, 0.15) is 37.3 Å². The van der Waals surface area contributed by atoms with Crippen LogP contribution >= 0.6 is 11.5 Å². The van der Waals surface area contributed by atoms with Crippen molar-refractivity contribution in [2.45, 2.75) is 42.2 Å². The summed E-state index contributed by atoms with van der Waals surface area (Å²) in [5.41, 5.74) is -0.103. The van der Waals surface area contributed by atoms with Gasteiger partial charge in [-0.1, -0.05) is 0 Å². The van der Waals surface area contributed by atoms with Crippen molar-refractivity contribution in [3.63, 3.8) is 0 Å². The smallest absolute Gasteiger partial charge is 0.420 e. The number of rotatable bonds is 4. The van der Waals surface area contributed by atoms with Gasteiger partial charge < -0.3 is 9.15 Å². The SMILES string of the molecule is O=c1oc2cc(S(=O)(=O)Nc3ncns3)c(F)cc2n1C1CC2(CCC2)Oc2ccc(F)cc21. The summed E-state index contributed by atoms with van der Waals surface area (Å²) in [5.74, 6) is -1.93. The molecule has 2 aromatic heterocycles. The maximum absolute atomic E-state index is 15.1. The molecule has 4 aromatic rings. The van der Waals surface area contributed by atoms with Gasteiger partial charge in [-0.3, -0.25) is 9.29 Å². The minimum Gasteiger partial charge on any atom is -0.487 e. The van der Waals surface area contributed by atoms with Gasteiger partial charge in [0.25, 0.3) is 10.0 Å². The Hall–Kier alpha value is -3.32. The summed E-state index contributed by atoms with van der Waals surface area (Å²) in [5, 5.41) is -0.0369. The molecule has 1 fully saturated rings. The largest absolute Gasteiger partial charge is 0.487 e. The normalized spacial score (nSPS) is 18.9. The first kappa shape index (κ1) is 21.2. The molecule has 2 aromatic carbocycles. The van der Waals surface area contributed by atoms with Gasteiger partial charge in [0.1, 0.15) is 34.2 Å². The summed E-state index contributed by atoms with van der Waals surface area (Å²) in [7, 11) is -4.36. The fourth-order valence-electron chi connectivity index (χ4n) is 4.64. The van der Waals surface area contributed by atoms with Crippen molar-refractivity contribution in [1.29, 1.82) is 0 Å². The van der Waals surface area contributed by atoms with Crippen LogP contribution in [0.3, 0.4) is 0 Å². The van der Waals surface area contributed by atoms with Crippen LogP contribution in [0.15, 0.2) is 50.8 Å². The Balaban J connectivity index is 1.49. The van der Waals surface area contributed by atoms with E-state index in [-0.39, 0.29) is 16.2 Å². The molecule has 0 saturated heterocycles. The number of hydrogen-bond donors (Lipinski definition) is 1. The number of anilines is 1. The third-order valence-corrected chi connectivity index (χ3v) is 8.40. The molecule has 1 atom stereocenters. The lowest BCUT2D eigenvalue weighted by Crippen LogP contribution is -2.48. The summed E-state index contributed by atoms with van der Waals surface area (Å²) >= 11 is 0.787. The number of ether oxygens (including phenoxy) is 1. The number of halogens is 2. The van der Waals surface area contributed by atoms with E-state index in [1.165, 1.54) is 22.8 Å². The Bertz CT molecular complexity index is 1590. The van der Waals surface area contributed by atoms with E-state index in [0.717, 1.165) is 49.3 Å². The van der Waals surface area contributed by atoms with Crippen molar-refractivity contribution in [2.24, 2.45) is 0 Å². The molecule has 1 aliphatic heterocycles. The molecule has 1 spiro atoms. The average molecular weight is 507 g/mol. The maximum atomic E-state index is 15.1. The highest BCUT2D eigenvalue weighted by Crippen LogP contribution is 2.50. The van der Waals surface area contributed by atoms with Gasteiger partial charge in [0.05, 0.1) is 11.6 Å². The molecule has 0 radical (unpaired) electrons. The summed E-state index contributed by atoms with van der Waals surface area (Å²) in [6, 6.07) is 5.32. The number of sulfonamides is 1. The second-order valence-corrected chi connectivity index (χ2v) is 10.8. The van der Waals surface area contributed by atoms with Crippen molar-refractivity contribution in [1.82, 2.24) is 13.9 Å². The molecule has 1 unspecified atom stereocenters. The lowest BCUT2D eigenvalue weighted by molar-refractivity contribution is -0.0367. The van der Waals surface area contributed by atoms with Gasteiger partial charge >= 0.3 is 5.76 Å². The minimum absolute atomic E-state index is 0.0369. The fourth-order valence-corrected chi connectivity index (χ4v) is 6.38. The van der Waals surface area contributed by atoms with E-state index in [0.29, 0.717) is 17.7 Å². The Labute approximate surface area is 195 Å². The average Bonchev–Trinajstić information content (AvgIpc) is 3.37. The van der Waals surface area contributed by atoms with Gasteiger partial charge in [-0.05, 0) is 37.5 Å². The van der Waals surface area contributed by atoms with E-state index >= 15 is 4.39 Å². The lowest BCUT2D eigenvalue weighted by Gasteiger charge is -2.48. The van der Waals surface area contributed by atoms with E-state index < -0.39 is 44.0 Å². The van der Waals surface area contributed by atoms with Gasteiger partial charge in [0.2, 0.25) is 5.13 Å². The van der Waals surface area contributed by atoms with E-state index in [1.807, 2.05) is 0 Å². The second-order valence-electron chi connectivity index (χ2n) is 8.38. The van der Waals surface area contributed by atoms with Crippen molar-refractivity contribution >= 4 is 37.8 Å². The van der Waals surface area contributed by atoms with Crippen LogP contribution in [-0.2, 0) is 10.0 Å². The fraction of sp³-hybridized carbons (Fsp3) is 0.286. The predicted octanol–water partition coefficient (Wildman–Crippen LogP) is 3.82. The summed E-state index contributed by atoms with van der Waals surface area (Å²) < 4.78 is 73.1. The summed E-state index contributed by atoms with van der Waals surface area (Å²) in [4.78, 5) is 16.0. The van der Waals surface area contributed by atoms with Crippen LogP contribution in [0.4, 0.5) is 13.9 Å². The summed E-state index contributed by atoms with van der Waals surface area (Å²) in [6.07, 6.45) is 4.04. The van der Waals surface area contributed by atoms with Crippen molar-refractivity contribution in [3.8, 4) is 5.75 Å². The van der Waals surface area contributed by atoms with Crippen LogP contribution in [0.25, 0.3) is 11.1 Å². The second kappa shape index (κ2) is 7.34. The molecule has 3 heterocycles. The Morgan fingerprint density at radius 1 is 1.21 bits per heavy atom. The molecule has 1 aliphatic carbocycles. The first-order valence-corrected chi connectivity index (χ1v) is 12.6. The highest BCUT2D eigenvalue weighted by atomic mass is 32.2. The Morgan fingerprint density at radius 3 is 2.74 bits per heavy atom. The minimum atomic E-state index is -4.36. The monoisotopic (exact) mass is 506 g/mol. The number of benzene rings is 2. The van der Waals surface area contributed by atoms with E-state index in [2.05, 4.69) is 14.1 Å². The topological polar surface area (TPSA) is 116 Å². The molecule has 0 bridgehead atoms. The van der Waals surface area contributed by atoms with Crippen LogP contribution in [-0.4, -0.2) is 27.9 Å². The van der Waals surface area contributed by atoms with Crippen molar-refractivity contribution in [3.05, 3.63) is 64.4 Å². The molecular weight excluding hydrogens is 490 g/mol. The van der Waals surface area contributed by atoms with E-state index in [9.17, 15) is 17.6 Å². The van der Waals surface area contributed by atoms with Crippen LogP contribution < -0.4 is 15.2 Å². The molecule has 2 aliphatic rings. The molecular formula is C21H16F2N4O5S2. The van der Waals surface area contributed by atoms with E-state index in [4.69, 9.17) is 9.15 Å². The van der Waals surface area contributed by atoms with Crippen LogP contribution in [0.5, 0.6) is 5.75 Å². The first-order chi connectivity index (χ1) is 16.2. The summed E-state index contributed by atoms with van der Waals surface area (Å²) in [6.45, 7) is 0. The molecule has 13 heteroatoms. The van der Waals surface area contributed by atoms with Gasteiger partial charge in [0, 0.05) is 35.6 Å². The molecule has 1 saturated carbocycles. The van der Waals surface area contributed by atoms with Gasteiger partial charge in [-0.25, -0.2) is 27.0 Å². The predicted molar refractivity (Wildman–Crippen MR) is 118 cm³/mol. The molecule has 0 amide bonds. The third kappa shape index (κ3) is 3.29. The number of nitrogens with zero attached hydrogens (tertiary/aromatic N) is 3. The third-order valence-electron chi connectivity index (χ3n) is 6.34. The van der Waals surface area contributed by atoms with E-state index in [1.54, 1.807) is 0 Å². The zero-order chi connectivity index (χ0) is 23.7. The van der Waals surface area contributed by atoms with Gasteiger partial charge in [0.15, 0.2) is 5.58 Å². The quantitative estimate of drug-likeness (QED) is 0.447. The van der Waals surface area contributed by atoms with Gasteiger partial charge in [-0.2, -0.15) is 4.37 Å². The van der Waals surface area contributed by atoms with Crippen molar-refractivity contribution in [2.75, 3.05) is 4.72 Å². The first-order valence-electron chi connectivity index (χ1n) is 10.4. The zero-order valence-corrected chi connectivity index (χ0v) is 19.0. The molecule has 1 N–H and O–H groups in total.